The Bertz CT molecular complexity index is 506. The summed E-state index contributed by atoms with van der Waals surface area (Å²) in [5, 5.41) is 24.2. The van der Waals surface area contributed by atoms with Crippen molar-refractivity contribution in [2.45, 2.75) is 20.3 Å². The van der Waals surface area contributed by atoms with E-state index in [2.05, 4.69) is 5.32 Å². The molecule has 1 aromatic carbocycles. The molecule has 1 N–H and O–H groups in total. The third-order valence-corrected chi connectivity index (χ3v) is 2.54. The van der Waals surface area contributed by atoms with E-state index in [1.165, 1.54) is 6.92 Å². The number of nitrogens with one attached hydrogen (secondary N) is 1. The normalized spacial score (nSPS) is 10.0. The smallest absolute Gasteiger partial charge is 0.279 e. The molecule has 0 saturated carbocycles. The fourth-order valence-corrected chi connectivity index (χ4v) is 1.53. The number of nitrogens with zero attached hydrogens (tertiary/aromatic N) is 2. The Kier molecular flexibility index (Phi) is 4.51. The molecule has 0 bridgehead atoms. The van der Waals surface area contributed by atoms with Gasteiger partial charge in [0.1, 0.15) is 5.56 Å². The Morgan fingerprint density at radius 3 is 2.05 bits per heavy atom. The van der Waals surface area contributed by atoms with E-state index in [4.69, 9.17) is 0 Å². The molecule has 1 aromatic rings. The van der Waals surface area contributed by atoms with Crippen molar-refractivity contribution in [2.24, 2.45) is 0 Å². The van der Waals surface area contributed by atoms with Crippen LogP contribution in [0.4, 0.5) is 11.4 Å². The first kappa shape index (κ1) is 14.6. The van der Waals surface area contributed by atoms with Gasteiger partial charge in [-0.25, -0.2) is 0 Å². The molecule has 0 radical (unpaired) electrons. The molecule has 0 fully saturated rings. The summed E-state index contributed by atoms with van der Waals surface area (Å²) in [6.07, 6.45) is 0.696. The maximum Gasteiger partial charge on any atom is 0.279 e. The molecule has 1 amide bonds. The van der Waals surface area contributed by atoms with Crippen molar-refractivity contribution in [1.29, 1.82) is 0 Å². The minimum Gasteiger partial charge on any atom is -0.352 e. The largest absolute Gasteiger partial charge is 0.352 e. The third kappa shape index (κ3) is 3.24. The predicted molar refractivity (Wildman–Crippen MR) is 67.1 cm³/mol. The van der Waals surface area contributed by atoms with Crippen LogP contribution in [0.5, 0.6) is 0 Å². The number of benzene rings is 1. The van der Waals surface area contributed by atoms with E-state index in [1.807, 2.05) is 6.92 Å². The van der Waals surface area contributed by atoms with Gasteiger partial charge in [0.25, 0.3) is 17.3 Å². The number of hydrogen-bond donors (Lipinski definition) is 1. The average molecular weight is 267 g/mol. The SMILES string of the molecule is CCCNC(=O)c1cc([N+](=O)[O-])c(C)c([N+](=O)[O-])c1. The van der Waals surface area contributed by atoms with Gasteiger partial charge >= 0.3 is 0 Å². The van der Waals surface area contributed by atoms with Crippen molar-refractivity contribution in [1.82, 2.24) is 5.32 Å². The molecule has 8 heteroatoms. The summed E-state index contributed by atoms with van der Waals surface area (Å²) in [5.41, 5.74) is -1.02. The maximum atomic E-state index is 11.7. The van der Waals surface area contributed by atoms with Crippen LogP contribution in [-0.2, 0) is 0 Å². The monoisotopic (exact) mass is 267 g/mol. The highest BCUT2D eigenvalue weighted by Crippen LogP contribution is 2.29. The summed E-state index contributed by atoms with van der Waals surface area (Å²) in [4.78, 5) is 31.9. The van der Waals surface area contributed by atoms with Crippen LogP contribution in [0.3, 0.4) is 0 Å². The zero-order valence-electron chi connectivity index (χ0n) is 10.5. The summed E-state index contributed by atoms with van der Waals surface area (Å²) in [5.74, 6) is -0.562. The molecule has 0 spiro atoms. The van der Waals surface area contributed by atoms with Gasteiger partial charge in [-0.3, -0.25) is 25.0 Å². The van der Waals surface area contributed by atoms with Crippen LogP contribution in [0, 0.1) is 27.2 Å². The lowest BCUT2D eigenvalue weighted by Crippen LogP contribution is -2.24. The lowest BCUT2D eigenvalue weighted by Gasteiger charge is -2.05. The van der Waals surface area contributed by atoms with E-state index < -0.39 is 27.1 Å². The number of rotatable bonds is 5. The zero-order valence-corrected chi connectivity index (χ0v) is 10.5. The van der Waals surface area contributed by atoms with Crippen LogP contribution >= 0.6 is 0 Å². The van der Waals surface area contributed by atoms with Crippen molar-refractivity contribution in [3.05, 3.63) is 43.5 Å². The van der Waals surface area contributed by atoms with Gasteiger partial charge in [-0.05, 0) is 13.3 Å². The predicted octanol–water partition coefficient (Wildman–Crippen LogP) is 1.95. The number of carbonyl (C=O) groups excluding carboxylic acids is 1. The second-order valence-corrected chi connectivity index (χ2v) is 3.91. The Hall–Kier alpha value is -2.51. The molecule has 19 heavy (non-hydrogen) atoms. The molecule has 8 nitrogen and oxygen atoms in total. The summed E-state index contributed by atoms with van der Waals surface area (Å²) in [6.45, 7) is 3.53. The number of carbonyl (C=O) groups is 1. The van der Waals surface area contributed by atoms with Crippen molar-refractivity contribution >= 4 is 17.3 Å². The number of amides is 1. The lowest BCUT2D eigenvalue weighted by atomic mass is 10.1. The summed E-state index contributed by atoms with van der Waals surface area (Å²) in [7, 11) is 0. The van der Waals surface area contributed by atoms with Crippen LogP contribution in [0.15, 0.2) is 12.1 Å². The zero-order chi connectivity index (χ0) is 14.6. The number of nitro benzene ring substituents is 2. The molecule has 102 valence electrons. The first-order valence-electron chi connectivity index (χ1n) is 5.60. The second kappa shape index (κ2) is 5.89. The van der Waals surface area contributed by atoms with Gasteiger partial charge in [-0.15, -0.1) is 0 Å². The van der Waals surface area contributed by atoms with Crippen molar-refractivity contribution in [3.63, 3.8) is 0 Å². The molecule has 0 unspecified atom stereocenters. The van der Waals surface area contributed by atoms with Crippen LogP contribution in [-0.4, -0.2) is 22.3 Å². The molecule has 0 atom stereocenters. The van der Waals surface area contributed by atoms with E-state index in [9.17, 15) is 25.0 Å². The molecular weight excluding hydrogens is 254 g/mol. The number of hydrogen-bond acceptors (Lipinski definition) is 5. The molecule has 1 rings (SSSR count). The van der Waals surface area contributed by atoms with Gasteiger partial charge in [0.05, 0.1) is 15.4 Å². The van der Waals surface area contributed by atoms with Gasteiger partial charge in [-0.2, -0.15) is 0 Å². The van der Waals surface area contributed by atoms with Crippen LogP contribution < -0.4 is 5.32 Å². The molecule has 0 aromatic heterocycles. The fourth-order valence-electron chi connectivity index (χ4n) is 1.53. The van der Waals surface area contributed by atoms with E-state index in [0.29, 0.717) is 13.0 Å². The molecule has 0 aliphatic heterocycles. The fraction of sp³-hybridized carbons (Fsp3) is 0.364. The average Bonchev–Trinajstić information content (AvgIpc) is 2.35. The Morgan fingerprint density at radius 1 is 1.21 bits per heavy atom. The molecule has 0 aliphatic carbocycles. The molecule has 0 saturated heterocycles. The lowest BCUT2D eigenvalue weighted by molar-refractivity contribution is -0.395. The Balaban J connectivity index is 3.30. The Morgan fingerprint density at radius 2 is 1.68 bits per heavy atom. The topological polar surface area (TPSA) is 115 Å². The van der Waals surface area contributed by atoms with Gasteiger partial charge < -0.3 is 5.32 Å². The van der Waals surface area contributed by atoms with Crippen LogP contribution in [0.2, 0.25) is 0 Å². The Labute approximate surface area is 108 Å². The van der Waals surface area contributed by atoms with Crippen LogP contribution in [0.1, 0.15) is 29.3 Å². The summed E-state index contributed by atoms with van der Waals surface area (Å²) in [6, 6.07) is 2.10. The third-order valence-electron chi connectivity index (χ3n) is 2.54. The molecule has 0 aliphatic rings. The summed E-state index contributed by atoms with van der Waals surface area (Å²) >= 11 is 0. The molecular formula is C11H13N3O5. The standard InChI is InChI=1S/C11H13N3O5/c1-3-4-12-11(15)8-5-9(13(16)17)7(2)10(6-8)14(18)19/h5-6H,3-4H2,1-2H3,(H,12,15). The number of nitro groups is 2. The van der Waals surface area contributed by atoms with E-state index in [1.54, 1.807) is 0 Å². The first-order valence-corrected chi connectivity index (χ1v) is 5.60. The maximum absolute atomic E-state index is 11.7. The highest BCUT2D eigenvalue weighted by molar-refractivity contribution is 5.95. The van der Waals surface area contributed by atoms with Crippen LogP contribution in [0.25, 0.3) is 0 Å². The highest BCUT2D eigenvalue weighted by Gasteiger charge is 2.25. The van der Waals surface area contributed by atoms with E-state index in [-0.39, 0.29) is 11.1 Å². The van der Waals surface area contributed by atoms with Gasteiger partial charge in [0.2, 0.25) is 0 Å². The molecule has 0 heterocycles. The minimum absolute atomic E-state index is 0.0676. The van der Waals surface area contributed by atoms with Crippen molar-refractivity contribution < 1.29 is 14.6 Å². The quantitative estimate of drug-likeness (QED) is 0.646. The highest BCUT2D eigenvalue weighted by atomic mass is 16.6. The van der Waals surface area contributed by atoms with Crippen molar-refractivity contribution in [3.8, 4) is 0 Å². The second-order valence-electron chi connectivity index (χ2n) is 3.91. The van der Waals surface area contributed by atoms with Gasteiger partial charge in [0.15, 0.2) is 0 Å². The van der Waals surface area contributed by atoms with E-state index in [0.717, 1.165) is 12.1 Å². The van der Waals surface area contributed by atoms with Gasteiger partial charge in [0, 0.05) is 18.7 Å². The van der Waals surface area contributed by atoms with E-state index >= 15 is 0 Å². The van der Waals surface area contributed by atoms with Crippen molar-refractivity contribution in [2.75, 3.05) is 6.54 Å². The minimum atomic E-state index is -0.737. The van der Waals surface area contributed by atoms with Gasteiger partial charge in [-0.1, -0.05) is 6.92 Å². The summed E-state index contributed by atoms with van der Waals surface area (Å²) < 4.78 is 0. The first-order chi connectivity index (χ1) is 8.88.